The SMILES string of the molecule is C=C(/C=C\C(C)=N)Nc1ncc2c(n1)N(C)C(=O)N(c1cc(NC(=O)c3ccc4c(c3)N(Cc3ccccc3)C(=O)[C@H](C)N=C4c3ccccc3)ccc1C)C2. The Hall–Kier alpha value is -7.21. The molecule has 0 aliphatic carbocycles. The third-order valence-electron chi connectivity index (χ3n) is 9.55. The molecule has 0 spiro atoms. The average Bonchev–Trinajstić information content (AvgIpc) is 3.30. The summed E-state index contributed by atoms with van der Waals surface area (Å²) in [5.41, 5.74) is 7.75. The lowest BCUT2D eigenvalue weighted by Crippen LogP contribution is -2.46. The number of anilines is 5. The van der Waals surface area contributed by atoms with E-state index in [4.69, 9.17) is 10.4 Å². The first-order valence-electron chi connectivity index (χ1n) is 18.1. The molecule has 1 aromatic heterocycles. The van der Waals surface area contributed by atoms with Gasteiger partial charge in [0.05, 0.1) is 30.2 Å². The van der Waals surface area contributed by atoms with E-state index >= 15 is 0 Å². The van der Waals surface area contributed by atoms with Crippen LogP contribution in [-0.4, -0.2) is 52.3 Å². The van der Waals surface area contributed by atoms with Crippen molar-refractivity contribution in [3.05, 3.63) is 161 Å². The predicted molar refractivity (Wildman–Crippen MR) is 222 cm³/mol. The number of nitrogens with one attached hydrogen (secondary N) is 3. The summed E-state index contributed by atoms with van der Waals surface area (Å²) in [6.07, 6.45) is 4.93. The molecule has 1 atom stereocenters. The molecule has 0 saturated carbocycles. The molecule has 2 aliphatic heterocycles. The Bertz CT molecular complexity index is 2440. The number of aliphatic imine (C=N–C) groups is 1. The van der Waals surface area contributed by atoms with Gasteiger partial charge in [0.25, 0.3) is 11.8 Å². The molecule has 0 unspecified atom stereocenters. The minimum Gasteiger partial charge on any atom is -0.325 e. The maximum absolute atomic E-state index is 14.0. The van der Waals surface area contributed by atoms with Crippen molar-refractivity contribution in [2.75, 3.05) is 32.4 Å². The highest BCUT2D eigenvalue weighted by Crippen LogP contribution is 2.35. The maximum Gasteiger partial charge on any atom is 0.330 e. The Morgan fingerprint density at radius 2 is 1.68 bits per heavy atom. The zero-order valence-corrected chi connectivity index (χ0v) is 31.6. The molecule has 7 rings (SSSR count). The van der Waals surface area contributed by atoms with Gasteiger partial charge in [0, 0.05) is 52.6 Å². The predicted octanol–water partition coefficient (Wildman–Crippen LogP) is 7.91. The van der Waals surface area contributed by atoms with Crippen molar-refractivity contribution in [1.29, 1.82) is 5.41 Å². The van der Waals surface area contributed by atoms with Crippen LogP contribution in [0.2, 0.25) is 0 Å². The molecule has 4 amide bonds. The molecule has 4 aromatic carbocycles. The molecule has 0 bridgehead atoms. The molecule has 56 heavy (non-hydrogen) atoms. The number of benzene rings is 4. The van der Waals surface area contributed by atoms with Crippen molar-refractivity contribution in [2.45, 2.75) is 39.9 Å². The first kappa shape index (κ1) is 37.1. The number of carbonyl (C=O) groups is 3. The van der Waals surface area contributed by atoms with Crippen LogP contribution in [0, 0.1) is 12.3 Å². The molecule has 0 radical (unpaired) electrons. The minimum absolute atomic E-state index is 0.172. The van der Waals surface area contributed by atoms with Gasteiger partial charge in [-0.1, -0.05) is 73.3 Å². The molecule has 5 aromatic rings. The Morgan fingerprint density at radius 1 is 0.946 bits per heavy atom. The molecular weight excluding hydrogens is 703 g/mol. The number of hydrogen-bond acceptors (Lipinski definition) is 8. The van der Waals surface area contributed by atoms with Gasteiger partial charge in [-0.25, -0.2) is 9.78 Å². The van der Waals surface area contributed by atoms with Crippen molar-refractivity contribution in [3.63, 3.8) is 0 Å². The topological polar surface area (TPSA) is 147 Å². The summed E-state index contributed by atoms with van der Waals surface area (Å²) in [6, 6.07) is 29.3. The summed E-state index contributed by atoms with van der Waals surface area (Å²) in [4.78, 5) is 60.5. The molecule has 12 nitrogen and oxygen atoms in total. The lowest BCUT2D eigenvalue weighted by Gasteiger charge is -2.35. The Labute approximate surface area is 325 Å². The second kappa shape index (κ2) is 15.6. The second-order valence-corrected chi connectivity index (χ2v) is 13.8. The first-order valence-corrected chi connectivity index (χ1v) is 18.1. The van der Waals surface area contributed by atoms with Gasteiger partial charge in [0.2, 0.25) is 5.95 Å². The van der Waals surface area contributed by atoms with E-state index in [0.29, 0.717) is 52.1 Å². The number of rotatable bonds is 10. The number of aromatic nitrogens is 2. The summed E-state index contributed by atoms with van der Waals surface area (Å²) < 4.78 is 0. The van der Waals surface area contributed by atoms with Crippen LogP contribution in [0.4, 0.5) is 33.6 Å². The summed E-state index contributed by atoms with van der Waals surface area (Å²) in [7, 11) is 1.65. The van der Waals surface area contributed by atoms with E-state index in [1.54, 1.807) is 73.3 Å². The highest BCUT2D eigenvalue weighted by atomic mass is 16.2. The molecule has 12 heteroatoms. The van der Waals surface area contributed by atoms with E-state index in [9.17, 15) is 14.4 Å². The Morgan fingerprint density at radius 3 is 2.41 bits per heavy atom. The second-order valence-electron chi connectivity index (χ2n) is 13.8. The van der Waals surface area contributed by atoms with E-state index in [2.05, 4.69) is 27.2 Å². The number of fused-ring (bicyclic) bond motifs is 2. The maximum atomic E-state index is 14.0. The van der Waals surface area contributed by atoms with Gasteiger partial charge < -0.3 is 20.9 Å². The van der Waals surface area contributed by atoms with Crippen molar-refractivity contribution >= 4 is 58.1 Å². The van der Waals surface area contributed by atoms with Crippen molar-refractivity contribution < 1.29 is 14.4 Å². The van der Waals surface area contributed by atoms with Crippen LogP contribution in [0.15, 0.2) is 133 Å². The van der Waals surface area contributed by atoms with Crippen LogP contribution in [-0.2, 0) is 17.9 Å². The van der Waals surface area contributed by atoms with Crippen molar-refractivity contribution in [2.24, 2.45) is 4.99 Å². The summed E-state index contributed by atoms with van der Waals surface area (Å²) in [5.74, 6) is 0.189. The highest BCUT2D eigenvalue weighted by Gasteiger charge is 2.33. The summed E-state index contributed by atoms with van der Waals surface area (Å²) in [5, 5.41) is 13.6. The van der Waals surface area contributed by atoms with Gasteiger partial charge >= 0.3 is 6.03 Å². The van der Waals surface area contributed by atoms with Crippen molar-refractivity contribution in [3.8, 4) is 0 Å². The number of benzodiazepines with no additional fused rings is 1. The molecule has 0 fully saturated rings. The monoisotopic (exact) mass is 743 g/mol. The van der Waals surface area contributed by atoms with Crippen LogP contribution < -0.4 is 25.3 Å². The van der Waals surface area contributed by atoms with Gasteiger partial charge in [0.1, 0.15) is 11.9 Å². The Kier molecular flexibility index (Phi) is 10.4. The molecular formula is C44H41N9O3. The fourth-order valence-electron chi connectivity index (χ4n) is 6.66. The van der Waals surface area contributed by atoms with Crippen molar-refractivity contribution in [1.82, 2.24) is 9.97 Å². The van der Waals surface area contributed by atoms with Crippen LogP contribution in [0.25, 0.3) is 0 Å². The normalized spacial score (nSPS) is 15.2. The first-order chi connectivity index (χ1) is 27.0. The van der Waals surface area contributed by atoms with Crippen LogP contribution in [0.5, 0.6) is 0 Å². The van der Waals surface area contributed by atoms with E-state index in [1.165, 1.54) is 4.90 Å². The standard InChI is InChI=1S/C44H41N9O3/c1-27-16-20-35(23-37(27)53-26-34-24-46-43(47-29(3)18-17-28(2)45)50-40(34)51(5)44(53)56)49-41(54)33-19-21-36-38(22-33)52(25-31-12-8-6-9-13-31)42(55)30(4)48-39(36)32-14-10-7-11-15-32/h6-24,30,45H,3,25-26H2,1-2,4-5H3,(H,49,54)(H,46,47,50)/b18-17-,45-28?/t30-/m0/s1. The molecule has 0 saturated heterocycles. The van der Waals surface area contributed by atoms with Gasteiger partial charge in [0.15, 0.2) is 0 Å². The number of carbonyl (C=O) groups excluding carboxylic acids is 3. The van der Waals surface area contributed by atoms with E-state index in [1.807, 2.05) is 79.7 Å². The van der Waals surface area contributed by atoms with E-state index in [0.717, 1.165) is 27.8 Å². The third kappa shape index (κ3) is 7.71. The number of nitrogens with zero attached hydrogens (tertiary/aromatic N) is 6. The Balaban J connectivity index is 1.17. The van der Waals surface area contributed by atoms with Crippen LogP contribution in [0.1, 0.15) is 52.0 Å². The largest absolute Gasteiger partial charge is 0.330 e. The number of allylic oxidation sites excluding steroid dienone is 2. The van der Waals surface area contributed by atoms with Gasteiger partial charge in [-0.15, -0.1) is 0 Å². The number of hydrogen-bond donors (Lipinski definition) is 3. The molecule has 2 aliphatic rings. The van der Waals surface area contributed by atoms with Crippen LogP contribution in [0.3, 0.4) is 0 Å². The summed E-state index contributed by atoms with van der Waals surface area (Å²) in [6.45, 7) is 9.81. The summed E-state index contributed by atoms with van der Waals surface area (Å²) >= 11 is 0. The fourth-order valence-corrected chi connectivity index (χ4v) is 6.66. The molecule has 3 N–H and O–H groups in total. The van der Waals surface area contributed by atoms with Gasteiger partial charge in [-0.2, -0.15) is 4.98 Å². The van der Waals surface area contributed by atoms with E-state index < -0.39 is 6.04 Å². The fraction of sp³-hybridized carbons (Fsp3) is 0.159. The lowest BCUT2D eigenvalue weighted by molar-refractivity contribution is -0.119. The highest BCUT2D eigenvalue weighted by molar-refractivity contribution is 6.21. The zero-order valence-electron chi connectivity index (χ0n) is 31.6. The number of aryl methyl sites for hydroxylation is 1. The molecule has 3 heterocycles. The average molecular weight is 744 g/mol. The quantitative estimate of drug-likeness (QED) is 0.0979. The smallest absolute Gasteiger partial charge is 0.325 e. The molecule has 280 valence electrons. The third-order valence-corrected chi connectivity index (χ3v) is 9.55. The van der Waals surface area contributed by atoms with E-state index in [-0.39, 0.29) is 30.3 Å². The minimum atomic E-state index is -0.650. The number of amides is 4. The zero-order chi connectivity index (χ0) is 39.5. The van der Waals surface area contributed by atoms with Crippen LogP contribution >= 0.6 is 0 Å². The lowest BCUT2D eigenvalue weighted by atomic mass is 9.98. The van der Waals surface area contributed by atoms with Gasteiger partial charge in [-0.3, -0.25) is 24.4 Å². The van der Waals surface area contributed by atoms with Gasteiger partial charge in [-0.05, 0) is 74.4 Å². The number of urea groups is 1.